The van der Waals surface area contributed by atoms with Gasteiger partial charge >= 0.3 is 0 Å². The molecule has 1 fully saturated rings. The van der Waals surface area contributed by atoms with Gasteiger partial charge in [0.25, 0.3) is 0 Å². The SMILES string of the molecule is COCC1CCN(C(C)(CN)C(OC)OC)C1. The molecule has 0 aromatic rings. The Labute approximate surface area is 104 Å². The molecule has 2 unspecified atom stereocenters. The van der Waals surface area contributed by atoms with Crippen molar-refractivity contribution >= 4 is 0 Å². The summed E-state index contributed by atoms with van der Waals surface area (Å²) < 4.78 is 16.0. The Balaban J connectivity index is 2.67. The quantitative estimate of drug-likeness (QED) is 0.654. The highest BCUT2D eigenvalue weighted by Gasteiger charge is 2.42. The van der Waals surface area contributed by atoms with Crippen LogP contribution >= 0.6 is 0 Å². The summed E-state index contributed by atoms with van der Waals surface area (Å²) in [5.41, 5.74) is 5.65. The van der Waals surface area contributed by atoms with E-state index in [2.05, 4.69) is 11.8 Å². The van der Waals surface area contributed by atoms with E-state index in [1.165, 1.54) is 0 Å². The fourth-order valence-corrected chi connectivity index (χ4v) is 2.65. The average molecular weight is 246 g/mol. The second-order valence-electron chi connectivity index (χ2n) is 4.92. The van der Waals surface area contributed by atoms with Crippen LogP contribution < -0.4 is 5.73 Å². The monoisotopic (exact) mass is 246 g/mol. The van der Waals surface area contributed by atoms with Gasteiger partial charge in [0.1, 0.15) is 0 Å². The van der Waals surface area contributed by atoms with Gasteiger partial charge in [-0.15, -0.1) is 0 Å². The Kier molecular flexibility index (Phi) is 5.82. The van der Waals surface area contributed by atoms with Crippen LogP contribution in [-0.2, 0) is 14.2 Å². The van der Waals surface area contributed by atoms with Gasteiger partial charge in [-0.05, 0) is 25.8 Å². The number of hydrogen-bond acceptors (Lipinski definition) is 5. The van der Waals surface area contributed by atoms with Gasteiger partial charge in [-0.25, -0.2) is 0 Å². The molecular formula is C12H26N2O3. The maximum Gasteiger partial charge on any atom is 0.176 e. The third-order valence-electron chi connectivity index (χ3n) is 3.76. The summed E-state index contributed by atoms with van der Waals surface area (Å²) in [5, 5.41) is 0. The fourth-order valence-electron chi connectivity index (χ4n) is 2.65. The van der Waals surface area contributed by atoms with E-state index in [4.69, 9.17) is 19.9 Å². The molecule has 1 saturated heterocycles. The van der Waals surface area contributed by atoms with E-state index >= 15 is 0 Å². The van der Waals surface area contributed by atoms with Crippen molar-refractivity contribution in [1.29, 1.82) is 0 Å². The van der Waals surface area contributed by atoms with Crippen LogP contribution in [0.5, 0.6) is 0 Å². The number of methoxy groups -OCH3 is 3. The molecule has 1 heterocycles. The molecule has 1 aliphatic rings. The molecule has 2 N–H and O–H groups in total. The largest absolute Gasteiger partial charge is 0.384 e. The van der Waals surface area contributed by atoms with Crippen LogP contribution in [0.25, 0.3) is 0 Å². The Morgan fingerprint density at radius 3 is 2.47 bits per heavy atom. The van der Waals surface area contributed by atoms with Crippen molar-refractivity contribution < 1.29 is 14.2 Å². The van der Waals surface area contributed by atoms with Crippen LogP contribution in [0.2, 0.25) is 0 Å². The first-order valence-corrected chi connectivity index (χ1v) is 6.12. The number of nitrogens with two attached hydrogens (primary N) is 1. The van der Waals surface area contributed by atoms with E-state index in [1.807, 2.05) is 0 Å². The van der Waals surface area contributed by atoms with Crippen molar-refractivity contribution in [2.45, 2.75) is 25.2 Å². The lowest BCUT2D eigenvalue weighted by Gasteiger charge is -2.42. The smallest absolute Gasteiger partial charge is 0.176 e. The van der Waals surface area contributed by atoms with E-state index in [-0.39, 0.29) is 11.8 Å². The fraction of sp³-hybridized carbons (Fsp3) is 1.00. The van der Waals surface area contributed by atoms with Gasteiger partial charge in [0, 0.05) is 34.4 Å². The second kappa shape index (κ2) is 6.66. The lowest BCUT2D eigenvalue weighted by molar-refractivity contribution is -0.178. The van der Waals surface area contributed by atoms with Gasteiger partial charge in [-0.3, -0.25) is 4.90 Å². The van der Waals surface area contributed by atoms with Gasteiger partial charge in [-0.2, -0.15) is 0 Å². The highest BCUT2D eigenvalue weighted by atomic mass is 16.7. The zero-order chi connectivity index (χ0) is 12.9. The van der Waals surface area contributed by atoms with Crippen molar-refractivity contribution in [3.05, 3.63) is 0 Å². The summed E-state index contributed by atoms with van der Waals surface area (Å²) in [4.78, 5) is 2.36. The molecule has 0 saturated carbocycles. The van der Waals surface area contributed by atoms with E-state index in [9.17, 15) is 0 Å². The Hall–Kier alpha value is -0.200. The van der Waals surface area contributed by atoms with Crippen LogP contribution in [0.3, 0.4) is 0 Å². The molecule has 0 aliphatic carbocycles. The zero-order valence-electron chi connectivity index (χ0n) is 11.4. The van der Waals surface area contributed by atoms with Crippen LogP contribution in [0.1, 0.15) is 13.3 Å². The van der Waals surface area contributed by atoms with Crippen LogP contribution in [0.4, 0.5) is 0 Å². The van der Waals surface area contributed by atoms with E-state index in [0.29, 0.717) is 12.5 Å². The molecular weight excluding hydrogens is 220 g/mol. The first-order valence-electron chi connectivity index (χ1n) is 6.12. The maximum absolute atomic E-state index is 5.93. The van der Waals surface area contributed by atoms with Crippen LogP contribution in [-0.4, -0.2) is 64.3 Å². The second-order valence-corrected chi connectivity index (χ2v) is 4.92. The molecule has 0 aromatic heterocycles. The minimum Gasteiger partial charge on any atom is -0.384 e. The number of rotatable bonds is 7. The summed E-state index contributed by atoms with van der Waals surface area (Å²) in [7, 11) is 5.06. The van der Waals surface area contributed by atoms with E-state index < -0.39 is 0 Å². The van der Waals surface area contributed by atoms with E-state index in [0.717, 1.165) is 26.1 Å². The Bertz CT molecular complexity index is 224. The van der Waals surface area contributed by atoms with Crippen molar-refractivity contribution in [1.82, 2.24) is 4.90 Å². The number of likely N-dealkylation sites (tertiary alicyclic amines) is 1. The van der Waals surface area contributed by atoms with Crippen LogP contribution in [0, 0.1) is 5.92 Å². The number of ether oxygens (including phenoxy) is 3. The Morgan fingerprint density at radius 2 is 2.00 bits per heavy atom. The van der Waals surface area contributed by atoms with Gasteiger partial charge in [0.2, 0.25) is 0 Å². The molecule has 1 rings (SSSR count). The van der Waals surface area contributed by atoms with Gasteiger partial charge in [-0.1, -0.05) is 0 Å². The molecule has 0 amide bonds. The minimum atomic E-state index is -0.297. The minimum absolute atomic E-state index is 0.272. The molecule has 102 valence electrons. The number of nitrogens with zero attached hydrogens (tertiary/aromatic N) is 1. The van der Waals surface area contributed by atoms with Crippen molar-refractivity contribution in [2.75, 3.05) is 47.6 Å². The predicted molar refractivity (Wildman–Crippen MR) is 66.8 cm³/mol. The first-order chi connectivity index (χ1) is 8.12. The van der Waals surface area contributed by atoms with Crippen molar-refractivity contribution in [2.24, 2.45) is 11.7 Å². The Morgan fingerprint density at radius 1 is 1.35 bits per heavy atom. The maximum atomic E-state index is 5.93. The van der Waals surface area contributed by atoms with E-state index in [1.54, 1.807) is 21.3 Å². The lowest BCUT2D eigenvalue weighted by Crippen LogP contribution is -2.59. The topological polar surface area (TPSA) is 57.0 Å². The first kappa shape index (κ1) is 14.9. The molecule has 2 atom stereocenters. The summed E-state index contributed by atoms with van der Waals surface area (Å²) in [6, 6.07) is 0. The normalized spacial score (nSPS) is 25.4. The number of hydrogen-bond donors (Lipinski definition) is 1. The molecule has 1 aliphatic heterocycles. The predicted octanol–water partition coefficient (Wildman–Crippen LogP) is 0.291. The third kappa shape index (κ3) is 3.17. The molecule has 0 radical (unpaired) electrons. The average Bonchev–Trinajstić information content (AvgIpc) is 2.80. The summed E-state index contributed by atoms with van der Waals surface area (Å²) in [5.74, 6) is 0.584. The van der Waals surface area contributed by atoms with Crippen molar-refractivity contribution in [3.63, 3.8) is 0 Å². The molecule has 0 aromatic carbocycles. The summed E-state index contributed by atoms with van der Waals surface area (Å²) >= 11 is 0. The van der Waals surface area contributed by atoms with Gasteiger partial charge in [0.05, 0.1) is 12.1 Å². The molecule has 5 nitrogen and oxygen atoms in total. The third-order valence-corrected chi connectivity index (χ3v) is 3.76. The highest BCUT2D eigenvalue weighted by molar-refractivity contribution is 4.94. The zero-order valence-corrected chi connectivity index (χ0v) is 11.4. The highest BCUT2D eigenvalue weighted by Crippen LogP contribution is 2.28. The summed E-state index contributed by atoms with van der Waals surface area (Å²) in [6.45, 7) is 5.43. The molecule has 5 heteroatoms. The lowest BCUT2D eigenvalue weighted by atomic mass is 9.99. The van der Waals surface area contributed by atoms with Crippen LogP contribution in [0.15, 0.2) is 0 Å². The summed E-state index contributed by atoms with van der Waals surface area (Å²) in [6.07, 6.45) is 0.845. The molecule has 0 bridgehead atoms. The molecule has 0 spiro atoms. The van der Waals surface area contributed by atoms with Gasteiger partial charge in [0.15, 0.2) is 6.29 Å². The van der Waals surface area contributed by atoms with Gasteiger partial charge < -0.3 is 19.9 Å². The van der Waals surface area contributed by atoms with Crippen molar-refractivity contribution in [3.8, 4) is 0 Å². The molecule has 17 heavy (non-hydrogen) atoms. The standard InChI is InChI=1S/C12H26N2O3/c1-12(9-13,11(16-3)17-4)14-6-5-10(7-14)8-15-2/h10-11H,5-9,13H2,1-4H3.